The molecule has 0 unspecified atom stereocenters. The second kappa shape index (κ2) is 6.01. The number of carbonyl (C=O) groups is 1. The normalized spacial score (nSPS) is 14.6. The largest absolute Gasteiger partial charge is 0.479 e. The second-order valence-electron chi connectivity index (χ2n) is 6.97. The quantitative estimate of drug-likeness (QED) is 0.541. The summed E-state index contributed by atoms with van der Waals surface area (Å²) in [6.07, 6.45) is 5.15. The van der Waals surface area contributed by atoms with Crippen molar-refractivity contribution in [2.45, 2.75) is 19.9 Å². The minimum absolute atomic E-state index is 0.101. The van der Waals surface area contributed by atoms with Crippen LogP contribution in [-0.4, -0.2) is 60.1 Å². The van der Waals surface area contributed by atoms with E-state index >= 15 is 0 Å². The lowest BCUT2D eigenvalue weighted by Crippen LogP contribution is -2.50. The zero-order valence-corrected chi connectivity index (χ0v) is 15.8. The average Bonchev–Trinajstić information content (AvgIpc) is 3.21. The number of methoxy groups -OCH3 is 1. The maximum atomic E-state index is 11.5. The van der Waals surface area contributed by atoms with Crippen LogP contribution in [-0.2, 0) is 4.79 Å². The number of amides is 1. The number of aromatic nitrogens is 6. The molecule has 9 heteroatoms. The lowest BCUT2D eigenvalue weighted by molar-refractivity contribution is -0.134. The van der Waals surface area contributed by atoms with Crippen molar-refractivity contribution in [2.75, 3.05) is 20.2 Å². The summed E-state index contributed by atoms with van der Waals surface area (Å²) in [5.74, 6) is 1.51. The van der Waals surface area contributed by atoms with Gasteiger partial charge in [0.1, 0.15) is 17.7 Å². The van der Waals surface area contributed by atoms with Gasteiger partial charge in [0.15, 0.2) is 5.65 Å². The molecule has 0 aromatic carbocycles. The summed E-state index contributed by atoms with van der Waals surface area (Å²) in [7, 11) is 1.59. The first-order chi connectivity index (χ1) is 13.6. The van der Waals surface area contributed by atoms with Gasteiger partial charge < -0.3 is 14.2 Å². The number of carbonyl (C=O) groups excluding carboxylic acids is 1. The van der Waals surface area contributed by atoms with E-state index in [4.69, 9.17) is 4.74 Å². The molecule has 1 aliphatic rings. The van der Waals surface area contributed by atoms with Gasteiger partial charge in [0.05, 0.1) is 18.7 Å². The van der Waals surface area contributed by atoms with Crippen LogP contribution in [0, 0.1) is 6.92 Å². The number of aryl methyl sites for hydroxylation is 1. The highest BCUT2D eigenvalue weighted by Crippen LogP contribution is 2.33. The van der Waals surface area contributed by atoms with Crippen LogP contribution in [0.2, 0.25) is 0 Å². The number of fused-ring (bicyclic) bond motifs is 2. The van der Waals surface area contributed by atoms with Crippen LogP contribution in [0.1, 0.15) is 18.8 Å². The molecule has 5 heterocycles. The maximum Gasteiger partial charge on any atom is 0.241 e. The fraction of sp³-hybridized carbons (Fsp3) is 0.316. The molecule has 1 amide bonds. The molecule has 4 aromatic rings. The highest BCUT2D eigenvalue weighted by molar-refractivity contribution is 5.88. The van der Waals surface area contributed by atoms with Gasteiger partial charge in [-0.05, 0) is 19.1 Å². The first-order valence-electron chi connectivity index (χ1n) is 9.03. The number of ether oxygens (including phenoxy) is 1. The lowest BCUT2D eigenvalue weighted by atomic mass is 10.1. The van der Waals surface area contributed by atoms with Gasteiger partial charge >= 0.3 is 0 Å². The summed E-state index contributed by atoms with van der Waals surface area (Å²) < 4.78 is 9.33. The smallest absolute Gasteiger partial charge is 0.241 e. The predicted molar refractivity (Wildman–Crippen MR) is 102 cm³/mol. The van der Waals surface area contributed by atoms with E-state index in [0.29, 0.717) is 24.6 Å². The van der Waals surface area contributed by atoms with Gasteiger partial charge in [-0.15, -0.1) is 0 Å². The van der Waals surface area contributed by atoms with E-state index in [-0.39, 0.29) is 11.9 Å². The van der Waals surface area contributed by atoms with Crippen molar-refractivity contribution < 1.29 is 9.53 Å². The first-order valence-corrected chi connectivity index (χ1v) is 9.03. The molecule has 1 aliphatic heterocycles. The van der Waals surface area contributed by atoms with Gasteiger partial charge in [0.2, 0.25) is 11.8 Å². The van der Waals surface area contributed by atoms with Crippen LogP contribution in [0.4, 0.5) is 0 Å². The SMILES string of the molecule is COc1ncnn2ccc(-c3cnc4nc(C)n(C5CN(C(C)=O)C5)c4c3)c12. The molecule has 1 saturated heterocycles. The third kappa shape index (κ3) is 2.35. The number of nitrogens with zero attached hydrogens (tertiary/aromatic N) is 7. The van der Waals surface area contributed by atoms with Crippen molar-refractivity contribution in [3.05, 3.63) is 36.7 Å². The van der Waals surface area contributed by atoms with E-state index in [1.807, 2.05) is 30.3 Å². The van der Waals surface area contributed by atoms with E-state index in [9.17, 15) is 4.79 Å². The Kier molecular flexibility index (Phi) is 3.58. The van der Waals surface area contributed by atoms with Crippen molar-refractivity contribution in [1.82, 2.24) is 34.0 Å². The van der Waals surface area contributed by atoms with Gasteiger partial charge in [-0.3, -0.25) is 4.79 Å². The number of pyridine rings is 1. The summed E-state index contributed by atoms with van der Waals surface area (Å²) in [6.45, 7) is 4.97. The maximum absolute atomic E-state index is 11.5. The van der Waals surface area contributed by atoms with Crippen LogP contribution >= 0.6 is 0 Å². The molecular formula is C19H19N7O2. The highest BCUT2D eigenvalue weighted by Gasteiger charge is 2.32. The summed E-state index contributed by atoms with van der Waals surface area (Å²) in [5, 5.41) is 4.25. The number of imidazole rings is 1. The van der Waals surface area contributed by atoms with Crippen molar-refractivity contribution >= 4 is 22.6 Å². The minimum atomic E-state index is 0.101. The van der Waals surface area contributed by atoms with E-state index in [1.165, 1.54) is 6.33 Å². The van der Waals surface area contributed by atoms with E-state index in [1.54, 1.807) is 18.5 Å². The number of likely N-dealkylation sites (tertiary alicyclic amines) is 1. The van der Waals surface area contributed by atoms with E-state index in [2.05, 4.69) is 30.7 Å². The topological polar surface area (TPSA) is 90.4 Å². The number of hydrogen-bond donors (Lipinski definition) is 0. The van der Waals surface area contributed by atoms with Gasteiger partial charge in [-0.25, -0.2) is 14.5 Å². The number of hydrogen-bond acceptors (Lipinski definition) is 6. The molecule has 0 N–H and O–H groups in total. The summed E-state index contributed by atoms with van der Waals surface area (Å²) in [4.78, 5) is 26.8. The Balaban J connectivity index is 1.63. The lowest BCUT2D eigenvalue weighted by Gasteiger charge is -2.40. The molecule has 0 atom stereocenters. The van der Waals surface area contributed by atoms with Crippen LogP contribution in [0.15, 0.2) is 30.9 Å². The van der Waals surface area contributed by atoms with Crippen LogP contribution in [0.5, 0.6) is 5.88 Å². The molecule has 0 spiro atoms. The molecule has 0 aliphatic carbocycles. The molecule has 1 fully saturated rings. The molecule has 142 valence electrons. The van der Waals surface area contributed by atoms with Crippen molar-refractivity contribution in [1.29, 1.82) is 0 Å². The molecule has 0 saturated carbocycles. The molecule has 5 rings (SSSR count). The highest BCUT2D eigenvalue weighted by atomic mass is 16.5. The number of rotatable bonds is 3. The Labute approximate surface area is 160 Å². The fourth-order valence-electron chi connectivity index (χ4n) is 3.88. The zero-order chi connectivity index (χ0) is 19.4. The Morgan fingerprint density at radius 3 is 2.86 bits per heavy atom. The van der Waals surface area contributed by atoms with Gasteiger partial charge in [0.25, 0.3) is 0 Å². The predicted octanol–water partition coefficient (Wildman–Crippen LogP) is 1.86. The Morgan fingerprint density at radius 1 is 1.29 bits per heavy atom. The average molecular weight is 377 g/mol. The molecule has 0 radical (unpaired) electrons. The van der Waals surface area contributed by atoms with E-state index < -0.39 is 0 Å². The van der Waals surface area contributed by atoms with Crippen molar-refractivity contribution in [3.8, 4) is 17.0 Å². The summed E-state index contributed by atoms with van der Waals surface area (Å²) in [6, 6.07) is 4.28. The van der Waals surface area contributed by atoms with Gasteiger partial charge in [-0.1, -0.05) is 0 Å². The minimum Gasteiger partial charge on any atom is -0.479 e. The monoisotopic (exact) mass is 377 g/mol. The van der Waals surface area contributed by atoms with Crippen LogP contribution in [0.3, 0.4) is 0 Å². The Hall–Kier alpha value is -3.49. The van der Waals surface area contributed by atoms with E-state index in [0.717, 1.165) is 28.0 Å². The van der Waals surface area contributed by atoms with Crippen molar-refractivity contribution in [2.24, 2.45) is 0 Å². The summed E-state index contributed by atoms with van der Waals surface area (Å²) in [5.41, 5.74) is 4.33. The second-order valence-corrected chi connectivity index (χ2v) is 6.97. The van der Waals surface area contributed by atoms with Crippen molar-refractivity contribution in [3.63, 3.8) is 0 Å². The molecule has 4 aromatic heterocycles. The Bertz CT molecular complexity index is 1220. The molecule has 0 bridgehead atoms. The summed E-state index contributed by atoms with van der Waals surface area (Å²) >= 11 is 0. The van der Waals surface area contributed by atoms with Crippen LogP contribution < -0.4 is 4.74 Å². The fourth-order valence-corrected chi connectivity index (χ4v) is 3.88. The van der Waals surface area contributed by atoms with Gasteiger partial charge in [-0.2, -0.15) is 10.1 Å². The zero-order valence-electron chi connectivity index (χ0n) is 15.8. The Morgan fingerprint density at radius 2 is 2.11 bits per heavy atom. The molecular weight excluding hydrogens is 358 g/mol. The standard InChI is InChI=1S/C19H19N7O2/c1-11-23-18-16(26(11)14-8-24(9-14)12(2)27)6-13(7-20-18)15-4-5-25-17(15)19(28-3)21-10-22-25/h4-7,10,14H,8-9H2,1-3H3. The first kappa shape index (κ1) is 16.7. The van der Waals surface area contributed by atoms with Gasteiger partial charge in [0, 0.05) is 43.5 Å². The van der Waals surface area contributed by atoms with Crippen LogP contribution in [0.25, 0.3) is 27.8 Å². The third-order valence-corrected chi connectivity index (χ3v) is 5.32. The molecule has 28 heavy (non-hydrogen) atoms. The third-order valence-electron chi connectivity index (χ3n) is 5.32. The molecule has 9 nitrogen and oxygen atoms in total.